The molecule has 1 aromatic heterocycles. The molecule has 43 heteroatoms. The minimum Gasteiger partial charge on any atom is -0.508 e. The number of aliphatic hydroxyl groups excluding tert-OH is 1. The number of fused-ring (bicyclic) bond motifs is 3. The van der Waals surface area contributed by atoms with E-state index in [1.165, 1.54) is 76.5 Å². The number of primary amides is 1. The molecule has 5 aromatic carbocycles. The van der Waals surface area contributed by atoms with Crippen molar-refractivity contribution in [2.45, 2.75) is 208 Å². The Morgan fingerprint density at radius 2 is 1.08 bits per heavy atom. The Hall–Kier alpha value is -13.7. The van der Waals surface area contributed by atoms with Crippen LogP contribution in [-0.4, -0.2) is 299 Å². The van der Waals surface area contributed by atoms with E-state index < -0.39 is 284 Å². The van der Waals surface area contributed by atoms with Gasteiger partial charge >= 0.3 is 11.9 Å². The fourth-order valence-electron chi connectivity index (χ4n) is 16.4. The number of rotatable bonds is 25. The molecule has 14 atom stereocenters. The first-order chi connectivity index (χ1) is 64.1. The van der Waals surface area contributed by atoms with Crippen molar-refractivity contribution < 1.29 is 120 Å². The van der Waals surface area contributed by atoms with E-state index in [1.807, 2.05) is 0 Å². The highest BCUT2D eigenvalue weighted by Crippen LogP contribution is 2.29. The molecule has 39 nitrogen and oxygen atoms in total. The number of carboxylic acids is 2. The molecule has 4 heterocycles. The van der Waals surface area contributed by atoms with Crippen LogP contribution in [0.15, 0.2) is 121 Å². The molecule has 728 valence electrons. The molecule has 0 aliphatic carbocycles. The molecule has 9 rings (SSSR count). The predicted octanol–water partition coefficient (Wildman–Crippen LogP) is 0.0948. The number of aromatic amines is 1. The van der Waals surface area contributed by atoms with Gasteiger partial charge in [0, 0.05) is 102 Å². The lowest BCUT2D eigenvalue weighted by atomic mass is 9.98. The van der Waals surface area contributed by atoms with Crippen LogP contribution in [-0.2, 0) is 114 Å². The number of nitrogens with two attached hydrogens (primary N) is 2. The maximum Gasteiger partial charge on any atom is 0.305 e. The number of aliphatic carboxylic acids is 2. The van der Waals surface area contributed by atoms with Crippen molar-refractivity contribution in [3.8, 4) is 11.5 Å². The lowest BCUT2D eigenvalue weighted by Crippen LogP contribution is -2.62. The molecule has 0 bridgehead atoms. The molecule has 3 saturated heterocycles. The van der Waals surface area contributed by atoms with Crippen LogP contribution in [0.1, 0.15) is 119 Å². The summed E-state index contributed by atoms with van der Waals surface area (Å²) in [5, 5.41) is 76.2. The second-order valence-electron chi connectivity index (χ2n) is 34.1. The Balaban J connectivity index is 1.14. The number of carbonyl (C=O) groups is 17. The predicted molar refractivity (Wildman–Crippen MR) is 483 cm³/mol. The number of benzene rings is 5. The molecule has 19 N–H and O–H groups in total. The van der Waals surface area contributed by atoms with Crippen molar-refractivity contribution in [3.63, 3.8) is 0 Å². The Morgan fingerprint density at radius 3 is 1.70 bits per heavy atom. The van der Waals surface area contributed by atoms with Crippen molar-refractivity contribution in [2.24, 2.45) is 17.4 Å². The van der Waals surface area contributed by atoms with Crippen LogP contribution in [0, 0.1) is 23.4 Å². The number of para-hydroxylation sites is 1. The van der Waals surface area contributed by atoms with E-state index in [9.17, 15) is 68.3 Å². The molecule has 15 amide bonds. The average Bonchev–Trinajstić information content (AvgIpc) is 1.35. The number of likely N-dealkylation sites (N-methyl/N-ethyl adjacent to an activating group) is 3. The third kappa shape index (κ3) is 29.2. The molecule has 3 aliphatic heterocycles. The van der Waals surface area contributed by atoms with Gasteiger partial charge in [-0.1, -0.05) is 106 Å². The van der Waals surface area contributed by atoms with Crippen LogP contribution in [0.4, 0.5) is 13.2 Å². The molecule has 6 aromatic rings. The molecule has 135 heavy (non-hydrogen) atoms. The van der Waals surface area contributed by atoms with Gasteiger partial charge in [0.2, 0.25) is 88.6 Å². The van der Waals surface area contributed by atoms with E-state index in [4.69, 9.17) is 11.5 Å². The average molecular weight is 1900 g/mol. The number of carbonyl (C=O) groups excluding carboxylic acids is 15. The van der Waals surface area contributed by atoms with Crippen LogP contribution in [0.3, 0.4) is 0 Å². The molecule has 0 saturated carbocycles. The number of aromatic hydroxyl groups is 2. The van der Waals surface area contributed by atoms with Gasteiger partial charge in [0.1, 0.15) is 90.0 Å². The molecular weight excluding hydrogens is 1780 g/mol. The largest absolute Gasteiger partial charge is 0.508 e. The third-order valence-corrected chi connectivity index (χ3v) is 24.8. The van der Waals surface area contributed by atoms with Crippen LogP contribution in [0.25, 0.3) is 10.9 Å². The number of phenolic OH excluding ortho intramolecular Hbond substituents is 2. The standard InChI is InChI=1S/C92H116F3N17O22S/c1-7-8-21-70-91(133)111-34-15-22-69(111)85(127)105-66(43-77(120)121)84(126)107-79(49(2)3)92(134)109(5)71(39-50-16-10-9-11-17-50)86(128)102-63(31-32-76(118)119)89(131)112-46-57(115)42-72(112)87(129)104-65(41-54-44-98-61-19-13-12-18-58(54)61)83(125)103-64(37-51-23-27-55(113)28-24-51)82(124)101-62(20-14-33-96)81(123)106-68(80(122)99-45-74(97)116)47-135-48-75(117)100-67(38-53-35-59(93)78(95)60(94)36-53)88(130)110(6)73(90(132)108(70)4)40-52-25-29-56(114)30-26-52/h9-13,16-19,23-30,35-36,44,49,57,62-73,79,98,113-115H,7-8,14-15,20-22,31-34,37-43,45-48,96H2,1-6H3,(H2,97,116)(H,99,122)(H,100,117)(H,101,124)(H,102,128)(H,103,125)(H,104,129)(H,105,127)(H,106,123)(H,107,126)(H,118,119)(H,120,121)/t57-,62+,63+,64+,65?,66+,67+,68+,69-,70+,71+,72-,73+,79+/m1/s1. The zero-order valence-corrected chi connectivity index (χ0v) is 76.2. The van der Waals surface area contributed by atoms with Crippen molar-refractivity contribution >= 4 is 123 Å². The number of nitrogens with one attached hydrogen (secondary N) is 10. The number of amides is 15. The van der Waals surface area contributed by atoms with Gasteiger partial charge in [-0.25, -0.2) is 13.2 Å². The number of aliphatic hydroxyl groups is 1. The zero-order valence-electron chi connectivity index (χ0n) is 75.4. The first kappa shape index (κ1) is 105. The molecule has 0 radical (unpaired) electrons. The fourth-order valence-corrected chi connectivity index (χ4v) is 17.2. The van der Waals surface area contributed by atoms with Gasteiger partial charge in [0.05, 0.1) is 24.8 Å². The summed E-state index contributed by atoms with van der Waals surface area (Å²) in [7, 11) is 3.55. The fraction of sp³-hybridized carbons (Fsp3) is 0.467. The summed E-state index contributed by atoms with van der Waals surface area (Å²) < 4.78 is 45.1. The van der Waals surface area contributed by atoms with Crippen molar-refractivity contribution in [3.05, 3.63) is 167 Å². The summed E-state index contributed by atoms with van der Waals surface area (Å²) in [4.78, 5) is 258. The van der Waals surface area contributed by atoms with Gasteiger partial charge in [0.25, 0.3) is 0 Å². The molecule has 0 spiro atoms. The summed E-state index contributed by atoms with van der Waals surface area (Å²) in [6, 6.07) is 4.26. The van der Waals surface area contributed by atoms with Gasteiger partial charge in [-0.2, -0.15) is 0 Å². The Kier molecular flexibility index (Phi) is 38.4. The van der Waals surface area contributed by atoms with Crippen molar-refractivity contribution in [1.29, 1.82) is 0 Å². The van der Waals surface area contributed by atoms with E-state index in [1.54, 1.807) is 67.7 Å². The smallest absolute Gasteiger partial charge is 0.305 e. The Bertz CT molecular complexity index is 5270. The highest BCUT2D eigenvalue weighted by Gasteiger charge is 2.48. The Labute approximate surface area is 779 Å². The molecule has 3 aliphatic rings. The van der Waals surface area contributed by atoms with Crippen molar-refractivity contribution in [2.75, 3.05) is 58.8 Å². The number of phenols is 2. The zero-order chi connectivity index (χ0) is 98.8. The van der Waals surface area contributed by atoms with Gasteiger partial charge < -0.3 is 114 Å². The van der Waals surface area contributed by atoms with E-state index in [0.717, 1.165) is 31.5 Å². The first-order valence-corrected chi connectivity index (χ1v) is 45.4. The van der Waals surface area contributed by atoms with Crippen LogP contribution >= 0.6 is 11.8 Å². The highest BCUT2D eigenvalue weighted by molar-refractivity contribution is 8.00. The SMILES string of the molecule is CCCC[C@H]1C(=O)N2CCC[C@@H]2C(=O)N[C@@H](CC(=O)O)C(=O)N[C@@H](C(C)C)C(=O)N(C)[C@@H](Cc2ccccc2)C(=O)N[C@@H](CCC(=O)O)C(=O)N2C[C@H](O)C[C@@H]2C(=O)NC(Cc2c[nH]c3ccccc23)C(=O)N[C@@H](Cc2ccc(O)cc2)C(=O)N[C@@H](CCCN)C(=O)N[C@H](C(=O)NCC(N)=O)CSCC(=O)N[C@@H](Cc2cc(F)c(F)c(F)c2)C(=O)N(C)[C@@H](Cc2ccc(O)cc2)C(=O)N1C. The summed E-state index contributed by atoms with van der Waals surface area (Å²) in [5.74, 6) is -27.1. The highest BCUT2D eigenvalue weighted by atomic mass is 32.2. The normalized spacial score (nSPS) is 23.9. The van der Waals surface area contributed by atoms with Gasteiger partial charge in [-0.15, -0.1) is 11.8 Å². The van der Waals surface area contributed by atoms with Crippen LogP contribution in [0.5, 0.6) is 11.5 Å². The van der Waals surface area contributed by atoms with E-state index in [0.29, 0.717) is 52.3 Å². The molecular formula is C92H116F3N17O22S. The number of thioether (sulfide) groups is 1. The maximum atomic E-state index is 15.7. The van der Waals surface area contributed by atoms with Gasteiger partial charge in [-0.3, -0.25) is 81.5 Å². The summed E-state index contributed by atoms with van der Waals surface area (Å²) >= 11 is 0.620. The second kappa shape index (κ2) is 49.3. The monoisotopic (exact) mass is 1900 g/mol. The third-order valence-electron chi connectivity index (χ3n) is 23.8. The number of halogens is 3. The summed E-state index contributed by atoms with van der Waals surface area (Å²) in [6.07, 6.45) is -5.16. The van der Waals surface area contributed by atoms with Crippen LogP contribution in [0.2, 0.25) is 0 Å². The lowest BCUT2D eigenvalue weighted by molar-refractivity contribution is -0.152. The summed E-state index contributed by atoms with van der Waals surface area (Å²) in [6.45, 7) is 3.08. The number of unbranched alkanes of at least 4 members (excludes halogenated alkanes) is 1. The van der Waals surface area contributed by atoms with Crippen molar-refractivity contribution in [1.82, 2.24) is 77.3 Å². The molecule has 3 fully saturated rings. The minimum absolute atomic E-state index is 0.00994. The number of nitrogens with zero attached hydrogens (tertiary/aromatic N) is 5. The first-order valence-electron chi connectivity index (χ1n) is 44.2. The van der Waals surface area contributed by atoms with E-state index >= 15 is 51.9 Å². The molecule has 1 unspecified atom stereocenters. The van der Waals surface area contributed by atoms with E-state index in [2.05, 4.69) is 52.8 Å². The number of hydrogen-bond acceptors (Lipinski definition) is 22. The lowest BCUT2D eigenvalue weighted by Gasteiger charge is -2.38. The number of carboxylic acid groups (broad SMARTS) is 2. The summed E-state index contributed by atoms with van der Waals surface area (Å²) in [5.41, 5.74) is 13.0. The number of hydrogen-bond donors (Lipinski definition) is 17. The quantitative estimate of drug-likeness (QED) is 0.0338. The maximum absolute atomic E-state index is 15.7. The number of aromatic nitrogens is 1. The second-order valence-corrected chi connectivity index (χ2v) is 35.1. The topological polar surface area (TPSA) is 584 Å². The Morgan fingerprint density at radius 1 is 0.533 bits per heavy atom. The van der Waals surface area contributed by atoms with Gasteiger partial charge in [-0.05, 0) is 121 Å². The minimum atomic E-state index is -2.01. The number of H-pyrrole nitrogens is 1. The van der Waals surface area contributed by atoms with Crippen LogP contribution < -0.4 is 59.3 Å². The van der Waals surface area contributed by atoms with Gasteiger partial charge in [0.15, 0.2) is 17.5 Å². The van der Waals surface area contributed by atoms with E-state index in [-0.39, 0.29) is 87.1 Å².